The van der Waals surface area contributed by atoms with Gasteiger partial charge in [0.25, 0.3) is 5.91 Å². The van der Waals surface area contributed by atoms with Gasteiger partial charge in [0.15, 0.2) is 0 Å². The number of carboxylic acid groups (broad SMARTS) is 1. The van der Waals surface area contributed by atoms with E-state index >= 15 is 0 Å². The molecule has 1 N–H and O–H groups in total. The van der Waals surface area contributed by atoms with Gasteiger partial charge >= 0.3 is 5.97 Å². The average Bonchev–Trinajstić information content (AvgIpc) is 3.48. The van der Waals surface area contributed by atoms with Crippen LogP contribution in [0, 0.1) is 5.92 Å². The lowest BCUT2D eigenvalue weighted by atomic mass is 9.79. The van der Waals surface area contributed by atoms with Crippen LogP contribution >= 0.6 is 0 Å². The molecule has 0 spiro atoms. The van der Waals surface area contributed by atoms with E-state index in [0.717, 1.165) is 18.4 Å². The SMILES string of the molecule is COc1ccc([C@H]2[C@H](C(=O)O)c3ccccc3C(=O)N2CC2CC2)cc1. The number of benzene rings is 2. The van der Waals surface area contributed by atoms with Gasteiger partial charge in [0.2, 0.25) is 0 Å². The summed E-state index contributed by atoms with van der Waals surface area (Å²) >= 11 is 0. The van der Waals surface area contributed by atoms with E-state index in [-0.39, 0.29) is 5.91 Å². The lowest BCUT2D eigenvalue weighted by molar-refractivity contribution is -0.140. The Morgan fingerprint density at radius 2 is 1.85 bits per heavy atom. The Balaban J connectivity index is 1.84. The van der Waals surface area contributed by atoms with Crippen molar-refractivity contribution >= 4 is 11.9 Å². The molecule has 26 heavy (non-hydrogen) atoms. The van der Waals surface area contributed by atoms with Crippen LogP contribution in [0.3, 0.4) is 0 Å². The third-order valence-corrected chi connectivity index (χ3v) is 5.31. The Bertz CT molecular complexity index is 841. The molecule has 0 unspecified atom stereocenters. The molecule has 2 aromatic carbocycles. The lowest BCUT2D eigenvalue weighted by Crippen LogP contribution is -2.45. The van der Waals surface area contributed by atoms with Crippen LogP contribution < -0.4 is 4.74 Å². The van der Waals surface area contributed by atoms with Gasteiger partial charge in [-0.1, -0.05) is 30.3 Å². The van der Waals surface area contributed by atoms with Crippen LogP contribution in [-0.2, 0) is 4.79 Å². The normalized spacial score (nSPS) is 22.0. The van der Waals surface area contributed by atoms with Gasteiger partial charge in [-0.15, -0.1) is 0 Å². The van der Waals surface area contributed by atoms with Crippen molar-refractivity contribution < 1.29 is 19.4 Å². The highest BCUT2D eigenvalue weighted by Crippen LogP contribution is 2.45. The van der Waals surface area contributed by atoms with Gasteiger partial charge < -0.3 is 14.7 Å². The van der Waals surface area contributed by atoms with E-state index in [1.807, 2.05) is 24.3 Å². The third-order valence-electron chi connectivity index (χ3n) is 5.31. The molecule has 4 rings (SSSR count). The Kier molecular flexibility index (Phi) is 4.15. The summed E-state index contributed by atoms with van der Waals surface area (Å²) in [5.41, 5.74) is 1.92. The third kappa shape index (κ3) is 2.83. The van der Waals surface area contributed by atoms with E-state index in [1.54, 1.807) is 36.3 Å². The van der Waals surface area contributed by atoms with Crippen LogP contribution in [-0.4, -0.2) is 35.5 Å². The standard InChI is InChI=1S/C21H21NO4/c1-26-15-10-8-14(9-11-15)19-18(21(24)25)16-4-2-3-5-17(16)20(23)22(19)12-13-6-7-13/h2-5,8-11,13,18-19H,6-7,12H2,1H3,(H,24,25)/t18-,19+/m1/s1. The fourth-order valence-electron chi connectivity index (χ4n) is 3.81. The Morgan fingerprint density at radius 3 is 2.46 bits per heavy atom. The summed E-state index contributed by atoms with van der Waals surface area (Å²) in [4.78, 5) is 27.1. The van der Waals surface area contributed by atoms with Crippen LogP contribution in [0.25, 0.3) is 0 Å². The molecule has 2 atom stereocenters. The minimum atomic E-state index is -0.911. The summed E-state index contributed by atoms with van der Waals surface area (Å²) in [5, 5.41) is 10.0. The maximum absolute atomic E-state index is 13.2. The van der Waals surface area contributed by atoms with Crippen molar-refractivity contribution in [3.8, 4) is 5.75 Å². The van der Waals surface area contributed by atoms with E-state index in [4.69, 9.17) is 4.74 Å². The molecule has 1 heterocycles. The number of nitrogens with zero attached hydrogens (tertiary/aromatic N) is 1. The molecule has 0 bridgehead atoms. The quantitative estimate of drug-likeness (QED) is 0.896. The summed E-state index contributed by atoms with van der Waals surface area (Å²) in [5.74, 6) is -0.593. The zero-order valence-electron chi connectivity index (χ0n) is 14.6. The molecule has 1 saturated carbocycles. The highest BCUT2D eigenvalue weighted by atomic mass is 16.5. The van der Waals surface area contributed by atoms with E-state index in [2.05, 4.69) is 0 Å². The second-order valence-corrected chi connectivity index (χ2v) is 7.02. The van der Waals surface area contributed by atoms with Gasteiger partial charge in [0, 0.05) is 12.1 Å². The van der Waals surface area contributed by atoms with Gasteiger partial charge in [-0.3, -0.25) is 9.59 Å². The molecular weight excluding hydrogens is 330 g/mol. The number of hydrogen-bond donors (Lipinski definition) is 1. The Morgan fingerprint density at radius 1 is 1.15 bits per heavy atom. The molecule has 1 aliphatic heterocycles. The number of rotatable bonds is 5. The fraction of sp³-hybridized carbons (Fsp3) is 0.333. The van der Waals surface area contributed by atoms with Crippen LogP contribution in [0.1, 0.15) is 46.3 Å². The molecule has 0 saturated heterocycles. The minimum Gasteiger partial charge on any atom is -0.497 e. The molecule has 2 aliphatic rings. The molecule has 134 valence electrons. The highest BCUT2D eigenvalue weighted by Gasteiger charge is 2.45. The van der Waals surface area contributed by atoms with Gasteiger partial charge in [0.05, 0.1) is 13.2 Å². The number of amides is 1. The summed E-state index contributed by atoms with van der Waals surface area (Å²) in [6, 6.07) is 13.9. The van der Waals surface area contributed by atoms with Crippen molar-refractivity contribution in [2.24, 2.45) is 5.92 Å². The van der Waals surface area contributed by atoms with Crippen molar-refractivity contribution in [2.75, 3.05) is 13.7 Å². The highest BCUT2D eigenvalue weighted by molar-refractivity contribution is 6.00. The molecule has 1 fully saturated rings. The summed E-state index contributed by atoms with van der Waals surface area (Å²) < 4.78 is 5.21. The fourth-order valence-corrected chi connectivity index (χ4v) is 3.81. The first kappa shape index (κ1) is 16.6. The monoisotopic (exact) mass is 351 g/mol. The smallest absolute Gasteiger partial charge is 0.313 e. The van der Waals surface area contributed by atoms with Crippen LogP contribution in [0.4, 0.5) is 0 Å². The Labute approximate surface area is 152 Å². The predicted molar refractivity (Wildman–Crippen MR) is 96.3 cm³/mol. The van der Waals surface area contributed by atoms with Crippen molar-refractivity contribution in [3.05, 3.63) is 65.2 Å². The number of carbonyl (C=O) groups excluding carboxylic acids is 1. The number of fused-ring (bicyclic) bond motifs is 1. The number of hydrogen-bond acceptors (Lipinski definition) is 3. The number of carbonyl (C=O) groups is 2. The van der Waals surface area contributed by atoms with E-state index in [9.17, 15) is 14.7 Å². The molecule has 1 aliphatic carbocycles. The molecule has 5 heteroatoms. The maximum Gasteiger partial charge on any atom is 0.313 e. The van der Waals surface area contributed by atoms with Crippen molar-refractivity contribution in [1.82, 2.24) is 4.90 Å². The van der Waals surface area contributed by atoms with Gasteiger partial charge in [-0.2, -0.15) is 0 Å². The van der Waals surface area contributed by atoms with Gasteiger partial charge in [-0.25, -0.2) is 0 Å². The van der Waals surface area contributed by atoms with E-state index in [0.29, 0.717) is 29.3 Å². The molecule has 2 aromatic rings. The first-order valence-corrected chi connectivity index (χ1v) is 8.87. The molecule has 0 radical (unpaired) electrons. The first-order valence-electron chi connectivity index (χ1n) is 8.87. The zero-order valence-corrected chi connectivity index (χ0v) is 14.6. The number of ether oxygens (including phenoxy) is 1. The maximum atomic E-state index is 13.2. The van der Waals surface area contributed by atoms with Crippen molar-refractivity contribution in [2.45, 2.75) is 24.8 Å². The Hall–Kier alpha value is -2.82. The van der Waals surface area contributed by atoms with Crippen LogP contribution in [0.2, 0.25) is 0 Å². The summed E-state index contributed by atoms with van der Waals surface area (Å²) in [6.07, 6.45) is 2.19. The zero-order chi connectivity index (χ0) is 18.3. The van der Waals surface area contributed by atoms with Crippen molar-refractivity contribution in [3.63, 3.8) is 0 Å². The molecule has 5 nitrogen and oxygen atoms in total. The lowest BCUT2D eigenvalue weighted by Gasteiger charge is -2.41. The second-order valence-electron chi connectivity index (χ2n) is 7.02. The number of methoxy groups -OCH3 is 1. The summed E-state index contributed by atoms with van der Waals surface area (Å²) in [7, 11) is 1.59. The largest absolute Gasteiger partial charge is 0.497 e. The van der Waals surface area contributed by atoms with Crippen LogP contribution in [0.5, 0.6) is 5.75 Å². The van der Waals surface area contributed by atoms with Crippen molar-refractivity contribution in [1.29, 1.82) is 0 Å². The minimum absolute atomic E-state index is 0.0779. The number of carboxylic acids is 1. The first-order chi connectivity index (χ1) is 12.6. The predicted octanol–water partition coefficient (Wildman–Crippen LogP) is 3.47. The molecule has 1 amide bonds. The van der Waals surface area contributed by atoms with Gasteiger partial charge in [-0.05, 0) is 48.1 Å². The van der Waals surface area contributed by atoms with Crippen LogP contribution in [0.15, 0.2) is 48.5 Å². The van der Waals surface area contributed by atoms with E-state index in [1.165, 1.54) is 0 Å². The average molecular weight is 351 g/mol. The topological polar surface area (TPSA) is 66.8 Å². The summed E-state index contributed by atoms with van der Waals surface area (Å²) in [6.45, 7) is 0.605. The van der Waals surface area contributed by atoms with E-state index < -0.39 is 17.9 Å². The number of aliphatic carboxylic acids is 1. The van der Waals surface area contributed by atoms with Gasteiger partial charge in [0.1, 0.15) is 11.7 Å². The molecule has 0 aromatic heterocycles. The molecular formula is C21H21NO4. The second kappa shape index (κ2) is 6.48.